The fourth-order valence-corrected chi connectivity index (χ4v) is 8.47. The van der Waals surface area contributed by atoms with Gasteiger partial charge >= 0.3 is 0 Å². The molecule has 3 heterocycles. The van der Waals surface area contributed by atoms with Crippen molar-refractivity contribution in [2.75, 3.05) is 24.6 Å². The van der Waals surface area contributed by atoms with Gasteiger partial charge in [0.2, 0.25) is 0 Å². The van der Waals surface area contributed by atoms with E-state index >= 15 is 4.21 Å². The first-order chi connectivity index (χ1) is 23.3. The number of ether oxygens (including phenoxy) is 2. The number of carbonyl (C=O) groups is 2. The van der Waals surface area contributed by atoms with Gasteiger partial charge in [0.25, 0.3) is 11.8 Å². The van der Waals surface area contributed by atoms with E-state index in [1.807, 2.05) is 18.2 Å². The molecule has 4 atom stereocenters. The Kier molecular flexibility index (Phi) is 10.2. The highest BCUT2D eigenvalue weighted by atomic mass is 35.5. The molecule has 2 bridgehead atoms. The Morgan fingerprint density at radius 2 is 1.96 bits per heavy atom. The monoisotopic (exact) mass is 709 g/mol. The second-order valence-corrected chi connectivity index (χ2v) is 16.0. The van der Waals surface area contributed by atoms with E-state index in [4.69, 9.17) is 21.1 Å². The van der Waals surface area contributed by atoms with Crippen LogP contribution in [0.4, 0.5) is 5.69 Å². The van der Waals surface area contributed by atoms with Gasteiger partial charge in [0.15, 0.2) is 9.92 Å². The number of hydrogen-bond acceptors (Lipinski definition) is 8. The van der Waals surface area contributed by atoms with Crippen LogP contribution in [0.15, 0.2) is 64.0 Å². The van der Waals surface area contributed by atoms with Crippen molar-refractivity contribution in [1.29, 1.82) is 0 Å². The third-order valence-electron chi connectivity index (χ3n) is 9.73. The molecule has 1 saturated carbocycles. The number of hydrogen-bond donors (Lipinski definition) is 2. The number of nitrogens with one attached hydrogen (secondary N) is 1. The molecule has 6 rings (SSSR count). The molecule has 13 heteroatoms. The van der Waals surface area contributed by atoms with E-state index in [1.165, 1.54) is 24.7 Å². The predicted molar refractivity (Wildman–Crippen MR) is 188 cm³/mol. The lowest BCUT2D eigenvalue weighted by molar-refractivity contribution is -0.137. The zero-order valence-corrected chi connectivity index (χ0v) is 29.9. The van der Waals surface area contributed by atoms with Crippen LogP contribution in [0, 0.1) is 18.8 Å². The lowest BCUT2D eigenvalue weighted by Gasteiger charge is -2.42. The first kappa shape index (κ1) is 35.1. The summed E-state index contributed by atoms with van der Waals surface area (Å²) in [7, 11) is -2.22. The SMILES string of the molecule is Cc1nn(C)cc1C(=O)N[S@]1(=O)=NC(=O)C(C)(C)OC/C=C/[C@H](O)[C@@H]2CC[C@H]2CN2CCCCc3cc(Cl)ccc3COc3ccc1cc32. The second kappa shape index (κ2) is 14.3. The Morgan fingerprint density at radius 1 is 1.14 bits per heavy atom. The number of aromatic nitrogens is 2. The maximum Gasteiger partial charge on any atom is 0.287 e. The molecule has 3 aromatic rings. The van der Waals surface area contributed by atoms with Gasteiger partial charge in [-0.25, -0.2) is 4.21 Å². The number of rotatable bonds is 2. The minimum absolute atomic E-state index is 0.0427. The fourth-order valence-electron chi connectivity index (χ4n) is 6.66. The van der Waals surface area contributed by atoms with E-state index in [0.29, 0.717) is 41.8 Å². The molecule has 0 unspecified atom stereocenters. The normalized spacial score (nSPS) is 26.4. The van der Waals surface area contributed by atoms with Crippen molar-refractivity contribution in [2.24, 2.45) is 23.2 Å². The number of nitrogens with zero attached hydrogens (tertiary/aromatic N) is 4. The molecule has 49 heavy (non-hydrogen) atoms. The molecule has 2 aliphatic heterocycles. The summed E-state index contributed by atoms with van der Waals surface area (Å²) in [6.07, 6.45) is 8.76. The molecule has 3 aliphatic rings. The molecular weight excluding hydrogens is 666 g/mol. The molecule has 2 N–H and O–H groups in total. The van der Waals surface area contributed by atoms with Crippen LogP contribution in [0.2, 0.25) is 5.02 Å². The Morgan fingerprint density at radius 3 is 2.69 bits per heavy atom. The van der Waals surface area contributed by atoms with Crippen molar-refractivity contribution < 1.29 is 28.4 Å². The first-order valence-corrected chi connectivity index (χ1v) is 18.6. The third-order valence-corrected chi connectivity index (χ3v) is 11.7. The second-order valence-electron chi connectivity index (χ2n) is 13.6. The van der Waals surface area contributed by atoms with Crippen molar-refractivity contribution >= 4 is 39.0 Å². The third kappa shape index (κ3) is 7.72. The van der Waals surface area contributed by atoms with Gasteiger partial charge in [0.05, 0.1) is 34.6 Å². The van der Waals surface area contributed by atoms with Crippen LogP contribution < -0.4 is 14.4 Å². The van der Waals surface area contributed by atoms with Crippen LogP contribution in [-0.4, -0.2) is 62.3 Å². The van der Waals surface area contributed by atoms with Crippen molar-refractivity contribution in [1.82, 2.24) is 14.5 Å². The Bertz CT molecular complexity index is 1900. The van der Waals surface area contributed by atoms with Crippen LogP contribution >= 0.6 is 11.6 Å². The number of amides is 2. The molecule has 1 aliphatic carbocycles. The van der Waals surface area contributed by atoms with Crippen molar-refractivity contribution in [3.05, 3.63) is 82.2 Å². The number of aryl methyl sites for hydroxylation is 3. The number of aliphatic hydroxyl groups excluding tert-OH is 1. The van der Waals surface area contributed by atoms with Gasteiger partial charge in [-0.2, -0.15) is 5.10 Å². The lowest BCUT2D eigenvalue weighted by Crippen LogP contribution is -2.43. The van der Waals surface area contributed by atoms with Crippen molar-refractivity contribution in [2.45, 2.75) is 76.1 Å². The maximum absolute atomic E-state index is 15.0. The molecule has 262 valence electrons. The summed E-state index contributed by atoms with van der Waals surface area (Å²) in [5.41, 5.74) is 2.02. The number of anilines is 1. The molecule has 0 radical (unpaired) electrons. The highest BCUT2D eigenvalue weighted by molar-refractivity contribution is 7.92. The number of halogens is 1. The van der Waals surface area contributed by atoms with E-state index in [2.05, 4.69) is 19.1 Å². The van der Waals surface area contributed by atoms with Gasteiger partial charge in [-0.15, -0.1) is 4.36 Å². The van der Waals surface area contributed by atoms with E-state index in [9.17, 15) is 14.7 Å². The molecular formula is C36H44ClN5O6S. The lowest BCUT2D eigenvalue weighted by atomic mass is 9.70. The summed E-state index contributed by atoms with van der Waals surface area (Å²) < 4.78 is 35.7. The van der Waals surface area contributed by atoms with Gasteiger partial charge in [0, 0.05) is 31.4 Å². The van der Waals surface area contributed by atoms with Gasteiger partial charge in [-0.05, 0) is 106 Å². The van der Waals surface area contributed by atoms with E-state index in [1.54, 1.807) is 44.3 Å². The smallest absolute Gasteiger partial charge is 0.287 e. The number of aliphatic hydroxyl groups is 1. The van der Waals surface area contributed by atoms with Gasteiger partial charge < -0.3 is 19.5 Å². The Hall–Kier alpha value is -3.71. The predicted octanol–water partition coefficient (Wildman–Crippen LogP) is 5.55. The minimum atomic E-state index is -3.91. The van der Waals surface area contributed by atoms with E-state index < -0.39 is 33.4 Å². The topological polar surface area (TPSA) is 135 Å². The summed E-state index contributed by atoms with van der Waals surface area (Å²) in [4.78, 5) is 29.7. The Labute approximate surface area is 292 Å². The van der Waals surface area contributed by atoms with Crippen molar-refractivity contribution in [3.8, 4) is 5.75 Å². The first-order valence-electron chi connectivity index (χ1n) is 16.7. The summed E-state index contributed by atoms with van der Waals surface area (Å²) >= 11 is 6.36. The van der Waals surface area contributed by atoms with Gasteiger partial charge in [-0.3, -0.25) is 19.0 Å². The van der Waals surface area contributed by atoms with Crippen LogP contribution in [0.5, 0.6) is 5.75 Å². The van der Waals surface area contributed by atoms with Gasteiger partial charge in [0.1, 0.15) is 18.0 Å². The van der Waals surface area contributed by atoms with Crippen LogP contribution in [-0.2, 0) is 39.5 Å². The largest absolute Gasteiger partial charge is 0.487 e. The standard InChI is InChI=1S/C36H44ClN5O6S/c1-23-30(21-41(4)38-23)34(44)39-49(46)28-13-15-33-31(19-28)42(16-6-5-8-24-18-27(37)12-10-26(24)22-47-33)20-25-11-14-29(25)32(43)9-7-17-48-36(2,3)35(45)40-49/h7,9-10,12-13,15,18-19,21,25,29,32,43H,5-6,8,11,14,16-17,20,22H2,1-4H3,(H,39,40,44,45,46)/b9-7+/t25-,29+,32-,49-/m0/s1. The number of carbonyl (C=O) groups excluding carboxylic acids is 2. The Balaban J connectivity index is 1.49. The summed E-state index contributed by atoms with van der Waals surface area (Å²) in [5, 5.41) is 16.0. The van der Waals surface area contributed by atoms with Crippen molar-refractivity contribution in [3.63, 3.8) is 0 Å². The van der Waals surface area contributed by atoms with Crippen LogP contribution in [0.3, 0.4) is 0 Å². The zero-order chi connectivity index (χ0) is 34.9. The van der Waals surface area contributed by atoms with Gasteiger partial charge in [-0.1, -0.05) is 29.8 Å². The molecule has 2 aromatic carbocycles. The molecule has 0 spiro atoms. The summed E-state index contributed by atoms with van der Waals surface area (Å²) in [6.45, 7) is 6.40. The highest BCUT2D eigenvalue weighted by Gasteiger charge is 2.38. The van der Waals surface area contributed by atoms with Crippen LogP contribution in [0.1, 0.15) is 66.7 Å². The average molecular weight is 710 g/mol. The molecule has 1 fully saturated rings. The summed E-state index contributed by atoms with van der Waals surface area (Å²) in [5.74, 6) is -0.658. The molecule has 0 saturated heterocycles. The number of benzene rings is 2. The highest BCUT2D eigenvalue weighted by Crippen LogP contribution is 2.41. The van der Waals surface area contributed by atoms with Crippen LogP contribution in [0.25, 0.3) is 0 Å². The molecule has 1 aromatic heterocycles. The fraction of sp³-hybridized carbons (Fsp3) is 0.472. The van der Waals surface area contributed by atoms with E-state index in [-0.39, 0.29) is 28.9 Å². The molecule has 2 amide bonds. The average Bonchev–Trinajstić information content (AvgIpc) is 3.37. The summed E-state index contributed by atoms with van der Waals surface area (Å²) in [6, 6.07) is 10.9. The quantitative estimate of drug-likeness (QED) is 0.331. The minimum Gasteiger partial charge on any atom is -0.487 e. The number of fused-ring (bicyclic) bond motifs is 3. The van der Waals surface area contributed by atoms with E-state index in [0.717, 1.165) is 43.2 Å². The maximum atomic E-state index is 15.0. The zero-order valence-electron chi connectivity index (χ0n) is 28.4. The molecule has 11 nitrogen and oxygen atoms in total.